The monoisotopic (exact) mass is 346 g/mol. The second-order valence-electron chi connectivity index (χ2n) is 7.40. The van der Waals surface area contributed by atoms with Crippen LogP contribution >= 0.6 is 0 Å². The topological polar surface area (TPSA) is 72.2 Å². The Balaban J connectivity index is 1.64. The number of aromatic nitrogens is 2. The fourth-order valence-corrected chi connectivity index (χ4v) is 4.24. The second-order valence-corrected chi connectivity index (χ2v) is 7.40. The summed E-state index contributed by atoms with van der Waals surface area (Å²) in [5, 5.41) is 9.49. The maximum Gasteiger partial charge on any atom is 0.315 e. The molecule has 5 nitrogen and oxygen atoms in total. The molecule has 1 aromatic heterocycles. The number of hydrogen-bond donors (Lipinski definition) is 1. The molecule has 0 saturated heterocycles. The minimum atomic E-state index is -0.912. The van der Waals surface area contributed by atoms with Crippen molar-refractivity contribution >= 4 is 23.7 Å². The van der Waals surface area contributed by atoms with Crippen molar-refractivity contribution in [1.29, 1.82) is 0 Å². The van der Waals surface area contributed by atoms with E-state index < -0.39 is 11.4 Å². The Labute approximate surface area is 150 Å². The van der Waals surface area contributed by atoms with Crippen LogP contribution < -0.4 is 5.56 Å². The number of fused-ring (bicyclic) bond motifs is 4. The summed E-state index contributed by atoms with van der Waals surface area (Å²) in [4.78, 5) is 29.3. The predicted molar refractivity (Wildman–Crippen MR) is 98.6 cm³/mol. The van der Waals surface area contributed by atoms with E-state index in [1.807, 2.05) is 12.1 Å². The number of nitrogens with zero attached hydrogens (tertiary/aromatic N) is 2. The molecule has 1 N–H and O–H groups in total. The van der Waals surface area contributed by atoms with Crippen LogP contribution in [-0.2, 0) is 11.2 Å². The van der Waals surface area contributed by atoms with Crippen LogP contribution in [0.5, 0.6) is 0 Å². The Morgan fingerprint density at radius 1 is 1.35 bits per heavy atom. The van der Waals surface area contributed by atoms with E-state index in [9.17, 15) is 14.7 Å². The minimum absolute atomic E-state index is 0.0735. The molecule has 5 heteroatoms. The van der Waals surface area contributed by atoms with Gasteiger partial charge in [-0.05, 0) is 55.0 Å². The molecule has 26 heavy (non-hydrogen) atoms. The van der Waals surface area contributed by atoms with Crippen molar-refractivity contribution in [1.82, 2.24) is 9.55 Å². The Morgan fingerprint density at radius 2 is 2.15 bits per heavy atom. The smallest absolute Gasteiger partial charge is 0.315 e. The molecule has 3 aliphatic rings. The lowest BCUT2D eigenvalue weighted by atomic mass is 10.0. The van der Waals surface area contributed by atoms with Gasteiger partial charge in [0.1, 0.15) is 11.2 Å². The SMILES string of the molecule is Cc1ccccc1/C=C1/CCc2c1nc1n(c2=O)C2CC2(C(=O)O)C=C1. The summed E-state index contributed by atoms with van der Waals surface area (Å²) in [6.07, 6.45) is 7.44. The van der Waals surface area contributed by atoms with Gasteiger partial charge in [-0.2, -0.15) is 0 Å². The largest absolute Gasteiger partial charge is 0.481 e. The van der Waals surface area contributed by atoms with Crippen LogP contribution in [-0.4, -0.2) is 20.6 Å². The number of aliphatic carboxylic acids is 1. The molecule has 1 aromatic carbocycles. The molecule has 1 saturated carbocycles. The van der Waals surface area contributed by atoms with Crippen molar-refractivity contribution < 1.29 is 9.90 Å². The van der Waals surface area contributed by atoms with E-state index in [1.54, 1.807) is 16.7 Å². The van der Waals surface area contributed by atoms with Crippen LogP contribution in [0.3, 0.4) is 0 Å². The summed E-state index contributed by atoms with van der Waals surface area (Å²) in [6.45, 7) is 2.07. The van der Waals surface area contributed by atoms with Crippen LogP contribution in [0, 0.1) is 12.3 Å². The van der Waals surface area contributed by atoms with Crippen molar-refractivity contribution in [2.45, 2.75) is 32.2 Å². The number of allylic oxidation sites excluding steroid dienone is 1. The first-order valence-electron chi connectivity index (χ1n) is 8.86. The summed E-state index contributed by atoms with van der Waals surface area (Å²) in [5.41, 5.74) is 3.91. The van der Waals surface area contributed by atoms with E-state index in [2.05, 4.69) is 25.1 Å². The number of benzene rings is 1. The third kappa shape index (κ3) is 1.94. The van der Waals surface area contributed by atoms with Gasteiger partial charge in [-0.3, -0.25) is 14.2 Å². The molecule has 2 atom stereocenters. The lowest BCUT2D eigenvalue weighted by Gasteiger charge is -2.18. The maximum absolute atomic E-state index is 13.0. The molecule has 1 fully saturated rings. The van der Waals surface area contributed by atoms with Crippen LogP contribution in [0.1, 0.15) is 47.1 Å². The van der Waals surface area contributed by atoms with Gasteiger partial charge in [-0.25, -0.2) is 4.98 Å². The van der Waals surface area contributed by atoms with Crippen LogP contribution in [0.25, 0.3) is 17.7 Å². The van der Waals surface area contributed by atoms with Crippen LogP contribution in [0.15, 0.2) is 35.1 Å². The summed E-state index contributed by atoms with van der Waals surface area (Å²) in [7, 11) is 0. The lowest BCUT2D eigenvalue weighted by Crippen LogP contribution is -2.31. The third-order valence-corrected chi connectivity index (χ3v) is 5.91. The van der Waals surface area contributed by atoms with Gasteiger partial charge < -0.3 is 5.11 Å². The Kier molecular flexibility index (Phi) is 2.97. The van der Waals surface area contributed by atoms with Gasteiger partial charge in [0, 0.05) is 5.56 Å². The van der Waals surface area contributed by atoms with Gasteiger partial charge in [0.2, 0.25) is 0 Å². The fraction of sp³-hybridized carbons (Fsp3) is 0.286. The first kappa shape index (κ1) is 15.3. The van der Waals surface area contributed by atoms with Gasteiger partial charge >= 0.3 is 5.97 Å². The summed E-state index contributed by atoms with van der Waals surface area (Å²) in [6, 6.07) is 7.85. The van der Waals surface area contributed by atoms with Crippen molar-refractivity contribution in [3.05, 3.63) is 68.9 Å². The quantitative estimate of drug-likeness (QED) is 0.907. The molecule has 1 aliphatic heterocycles. The Morgan fingerprint density at radius 3 is 2.92 bits per heavy atom. The highest BCUT2D eigenvalue weighted by atomic mass is 16.4. The van der Waals surface area contributed by atoms with E-state index in [0.29, 0.717) is 18.7 Å². The second kappa shape index (κ2) is 5.04. The zero-order chi connectivity index (χ0) is 18.1. The average Bonchev–Trinajstić information content (AvgIpc) is 3.26. The zero-order valence-corrected chi connectivity index (χ0v) is 14.4. The molecule has 0 bridgehead atoms. The van der Waals surface area contributed by atoms with Gasteiger partial charge in [-0.15, -0.1) is 0 Å². The average molecular weight is 346 g/mol. The molecule has 0 spiro atoms. The highest BCUT2D eigenvalue weighted by molar-refractivity contribution is 5.86. The van der Waals surface area contributed by atoms with Gasteiger partial charge in [0.15, 0.2) is 0 Å². The third-order valence-electron chi connectivity index (χ3n) is 5.91. The first-order chi connectivity index (χ1) is 12.5. The van der Waals surface area contributed by atoms with Crippen molar-refractivity contribution in [3.8, 4) is 0 Å². The Hall–Kier alpha value is -2.95. The van der Waals surface area contributed by atoms with Crippen molar-refractivity contribution in [2.75, 3.05) is 0 Å². The van der Waals surface area contributed by atoms with E-state index >= 15 is 0 Å². The summed E-state index contributed by atoms with van der Waals surface area (Å²) < 4.78 is 1.60. The maximum atomic E-state index is 13.0. The Bertz CT molecular complexity index is 1090. The number of rotatable bonds is 2. The lowest BCUT2D eigenvalue weighted by molar-refractivity contribution is -0.141. The van der Waals surface area contributed by atoms with Crippen LogP contribution in [0.4, 0.5) is 0 Å². The zero-order valence-electron chi connectivity index (χ0n) is 14.4. The number of carboxylic acids is 1. The summed E-state index contributed by atoms with van der Waals surface area (Å²) in [5.74, 6) is -0.289. The van der Waals surface area contributed by atoms with Gasteiger partial charge in [0.05, 0.1) is 11.7 Å². The molecule has 2 aromatic rings. The van der Waals surface area contributed by atoms with E-state index in [0.717, 1.165) is 28.8 Å². The molecule has 5 rings (SSSR count). The number of carboxylic acid groups (broad SMARTS) is 1. The first-order valence-corrected chi connectivity index (χ1v) is 8.86. The molecule has 2 heterocycles. The molecular weight excluding hydrogens is 328 g/mol. The van der Waals surface area contributed by atoms with Gasteiger partial charge in [-0.1, -0.05) is 30.3 Å². The minimum Gasteiger partial charge on any atom is -0.481 e. The number of carbonyl (C=O) groups is 1. The molecule has 2 aliphatic carbocycles. The van der Waals surface area contributed by atoms with E-state index in [-0.39, 0.29) is 11.6 Å². The highest BCUT2D eigenvalue weighted by Gasteiger charge is 2.62. The predicted octanol–water partition coefficient (Wildman–Crippen LogP) is 3.08. The number of hydrogen-bond acceptors (Lipinski definition) is 3. The van der Waals surface area contributed by atoms with E-state index in [1.165, 1.54) is 5.56 Å². The molecule has 130 valence electrons. The number of aryl methyl sites for hydroxylation is 1. The van der Waals surface area contributed by atoms with Crippen molar-refractivity contribution in [3.63, 3.8) is 0 Å². The normalized spacial score (nSPS) is 26.3. The van der Waals surface area contributed by atoms with Crippen LogP contribution in [0.2, 0.25) is 0 Å². The van der Waals surface area contributed by atoms with E-state index in [4.69, 9.17) is 4.98 Å². The molecule has 0 amide bonds. The highest BCUT2D eigenvalue weighted by Crippen LogP contribution is 2.59. The van der Waals surface area contributed by atoms with Gasteiger partial charge in [0.25, 0.3) is 5.56 Å². The molecule has 0 radical (unpaired) electrons. The molecular formula is C21H18N2O3. The fourth-order valence-electron chi connectivity index (χ4n) is 4.24. The standard InChI is InChI=1S/C21H18N2O3/c1-12-4-2-3-5-13(12)10-14-6-7-15-18(14)22-17-8-9-21(20(25)26)11-16(21)23(17)19(15)24/h2-5,8-10,16H,6-7,11H2,1H3,(H,25,26)/b14-10-. The van der Waals surface area contributed by atoms with Crippen molar-refractivity contribution in [2.24, 2.45) is 5.41 Å². The molecule has 2 unspecified atom stereocenters. The summed E-state index contributed by atoms with van der Waals surface area (Å²) >= 11 is 0.